The third kappa shape index (κ3) is 4.81. The third-order valence-corrected chi connectivity index (χ3v) is 6.39. The summed E-state index contributed by atoms with van der Waals surface area (Å²) in [5.41, 5.74) is 1.72. The van der Waals surface area contributed by atoms with Gasteiger partial charge < -0.3 is 9.47 Å². The topological polar surface area (TPSA) is 120 Å². The summed E-state index contributed by atoms with van der Waals surface area (Å²) < 4.78 is 37.5. The van der Waals surface area contributed by atoms with E-state index in [0.717, 1.165) is 16.9 Å². The number of methoxy groups -OCH3 is 2. The Bertz CT molecular complexity index is 1130. The predicted molar refractivity (Wildman–Crippen MR) is 109 cm³/mol. The monoisotopic (exact) mass is 434 g/mol. The average molecular weight is 434 g/mol. The lowest BCUT2D eigenvalue weighted by Crippen LogP contribution is -2.12. The van der Waals surface area contributed by atoms with Crippen molar-refractivity contribution >= 4 is 38.1 Å². The molecule has 0 radical (unpaired) electrons. The fourth-order valence-electron chi connectivity index (χ4n) is 2.34. The van der Waals surface area contributed by atoms with Crippen molar-refractivity contribution in [2.75, 3.05) is 24.3 Å². The number of nitrogens with zero attached hydrogens (tertiary/aromatic N) is 2. The van der Waals surface area contributed by atoms with E-state index in [1.54, 1.807) is 30.3 Å². The van der Waals surface area contributed by atoms with Gasteiger partial charge in [0.25, 0.3) is 20.3 Å². The van der Waals surface area contributed by atoms with Gasteiger partial charge in [-0.3, -0.25) is 14.8 Å². The molecule has 0 aliphatic carbocycles. The Morgan fingerprint density at radius 1 is 1.00 bits per heavy atom. The van der Waals surface area contributed by atoms with E-state index in [1.807, 2.05) is 6.92 Å². The van der Waals surface area contributed by atoms with Crippen LogP contribution in [0.15, 0.2) is 46.8 Å². The molecule has 0 bridgehead atoms. The Morgan fingerprint density at radius 3 is 2.34 bits per heavy atom. The summed E-state index contributed by atoms with van der Waals surface area (Å²) in [6.45, 7) is 1.91. The number of benzene rings is 2. The lowest BCUT2D eigenvalue weighted by Gasteiger charge is -2.10. The molecule has 0 saturated carbocycles. The van der Waals surface area contributed by atoms with E-state index in [2.05, 4.69) is 20.2 Å². The van der Waals surface area contributed by atoms with Gasteiger partial charge in [-0.2, -0.15) is 8.42 Å². The van der Waals surface area contributed by atoms with Gasteiger partial charge in [0.2, 0.25) is 5.13 Å². The Labute approximate surface area is 171 Å². The highest BCUT2D eigenvalue weighted by molar-refractivity contribution is 7.94. The van der Waals surface area contributed by atoms with Crippen LogP contribution < -0.4 is 19.5 Å². The second-order valence-corrected chi connectivity index (χ2v) is 8.70. The first-order chi connectivity index (χ1) is 13.8. The zero-order valence-corrected chi connectivity index (χ0v) is 17.4. The van der Waals surface area contributed by atoms with Gasteiger partial charge >= 0.3 is 0 Å². The maximum atomic E-state index is 12.6. The van der Waals surface area contributed by atoms with Crippen LogP contribution in [0.3, 0.4) is 0 Å². The molecular formula is C18H18N4O5S2. The van der Waals surface area contributed by atoms with Crippen molar-refractivity contribution in [3.63, 3.8) is 0 Å². The Balaban J connectivity index is 1.74. The van der Waals surface area contributed by atoms with Gasteiger partial charge in [-0.25, -0.2) is 0 Å². The molecule has 0 aliphatic heterocycles. The van der Waals surface area contributed by atoms with E-state index in [4.69, 9.17) is 9.47 Å². The maximum Gasteiger partial charge on any atom is 0.291 e. The molecule has 1 amide bonds. The number of hydrogen-bond acceptors (Lipinski definition) is 8. The van der Waals surface area contributed by atoms with Gasteiger partial charge in [-0.15, -0.1) is 10.2 Å². The number of amides is 1. The number of rotatable bonds is 7. The van der Waals surface area contributed by atoms with Gasteiger partial charge in [0.1, 0.15) is 0 Å². The number of carbonyl (C=O) groups excluding carboxylic acids is 1. The quantitative estimate of drug-likeness (QED) is 0.549. The molecule has 0 unspecified atom stereocenters. The molecule has 2 N–H and O–H groups in total. The minimum Gasteiger partial charge on any atom is -0.493 e. The molecule has 0 saturated heterocycles. The fraction of sp³-hybridized carbons (Fsp3) is 0.167. The first-order valence-electron chi connectivity index (χ1n) is 8.29. The number of aromatic nitrogens is 2. The van der Waals surface area contributed by atoms with Crippen molar-refractivity contribution < 1.29 is 22.7 Å². The second kappa shape index (κ2) is 8.45. The molecular weight excluding hydrogens is 416 g/mol. The van der Waals surface area contributed by atoms with Crippen molar-refractivity contribution in [2.24, 2.45) is 0 Å². The van der Waals surface area contributed by atoms with E-state index < -0.39 is 15.9 Å². The van der Waals surface area contributed by atoms with Crippen LogP contribution in [0.4, 0.5) is 10.8 Å². The molecule has 0 atom stereocenters. The molecule has 1 aromatic heterocycles. The van der Waals surface area contributed by atoms with Crippen LogP contribution >= 0.6 is 11.3 Å². The number of hydrogen-bond donors (Lipinski definition) is 2. The highest BCUT2D eigenvalue weighted by Gasteiger charge is 2.22. The van der Waals surface area contributed by atoms with Crippen molar-refractivity contribution in [2.45, 2.75) is 11.3 Å². The molecule has 29 heavy (non-hydrogen) atoms. The molecule has 0 spiro atoms. The predicted octanol–water partition coefficient (Wildman–Crippen LogP) is 2.92. The van der Waals surface area contributed by atoms with Crippen LogP contribution in [0.2, 0.25) is 0 Å². The van der Waals surface area contributed by atoms with Crippen LogP contribution in [-0.2, 0) is 10.0 Å². The van der Waals surface area contributed by atoms with Crippen molar-refractivity contribution in [1.29, 1.82) is 0 Å². The van der Waals surface area contributed by atoms with Crippen LogP contribution in [-0.4, -0.2) is 38.7 Å². The number of sulfonamides is 1. The minimum absolute atomic E-state index is 0.0725. The SMILES string of the molecule is COc1ccc(NS(=O)(=O)c2nnc(NC(=O)c3ccc(C)cc3)s2)cc1OC. The van der Waals surface area contributed by atoms with E-state index in [9.17, 15) is 13.2 Å². The normalized spacial score (nSPS) is 11.0. The second-order valence-electron chi connectivity index (χ2n) is 5.87. The number of ether oxygens (including phenoxy) is 2. The van der Waals surface area contributed by atoms with Gasteiger partial charge in [-0.1, -0.05) is 29.0 Å². The summed E-state index contributed by atoms with van der Waals surface area (Å²) in [7, 11) is -1.07. The smallest absolute Gasteiger partial charge is 0.291 e. The summed E-state index contributed by atoms with van der Waals surface area (Å²) in [5, 5.41) is 10.0. The highest BCUT2D eigenvalue weighted by atomic mass is 32.2. The van der Waals surface area contributed by atoms with E-state index >= 15 is 0 Å². The molecule has 3 rings (SSSR count). The molecule has 2 aromatic carbocycles. The standard InChI is InChI=1S/C18H18N4O5S2/c1-11-4-6-12(7-5-11)16(23)19-17-20-21-18(28-17)29(24,25)22-13-8-9-14(26-2)15(10-13)27-3/h4-10,22H,1-3H3,(H,19,20,23). The fourth-order valence-corrected chi connectivity index (χ4v) is 4.29. The molecule has 11 heteroatoms. The molecule has 3 aromatic rings. The van der Waals surface area contributed by atoms with Crippen LogP contribution in [0.1, 0.15) is 15.9 Å². The highest BCUT2D eigenvalue weighted by Crippen LogP contribution is 2.31. The lowest BCUT2D eigenvalue weighted by atomic mass is 10.1. The summed E-state index contributed by atoms with van der Waals surface area (Å²) >= 11 is 0.742. The molecule has 0 aliphatic rings. The van der Waals surface area contributed by atoms with E-state index in [1.165, 1.54) is 26.4 Å². The molecule has 1 heterocycles. The zero-order chi connectivity index (χ0) is 21.0. The van der Waals surface area contributed by atoms with Crippen LogP contribution in [0.5, 0.6) is 11.5 Å². The van der Waals surface area contributed by atoms with Crippen molar-refractivity contribution in [1.82, 2.24) is 10.2 Å². The van der Waals surface area contributed by atoms with Gasteiger partial charge in [0.15, 0.2) is 11.5 Å². The third-order valence-electron chi connectivity index (χ3n) is 3.81. The maximum absolute atomic E-state index is 12.6. The van der Waals surface area contributed by atoms with Gasteiger partial charge in [0.05, 0.1) is 19.9 Å². The Morgan fingerprint density at radius 2 is 1.69 bits per heavy atom. The Kier molecular flexibility index (Phi) is 5.99. The van der Waals surface area contributed by atoms with Gasteiger partial charge in [0, 0.05) is 11.6 Å². The zero-order valence-electron chi connectivity index (χ0n) is 15.8. The molecule has 9 nitrogen and oxygen atoms in total. The summed E-state index contributed by atoms with van der Waals surface area (Å²) in [6, 6.07) is 11.5. The van der Waals surface area contributed by atoms with E-state index in [0.29, 0.717) is 17.1 Å². The first kappa shape index (κ1) is 20.6. The number of carbonyl (C=O) groups is 1. The lowest BCUT2D eigenvalue weighted by molar-refractivity contribution is 0.102. The van der Waals surface area contributed by atoms with Crippen LogP contribution in [0.25, 0.3) is 0 Å². The largest absolute Gasteiger partial charge is 0.493 e. The number of anilines is 2. The van der Waals surface area contributed by atoms with Crippen molar-refractivity contribution in [3.05, 3.63) is 53.6 Å². The van der Waals surface area contributed by atoms with Crippen molar-refractivity contribution in [3.8, 4) is 11.5 Å². The first-order valence-corrected chi connectivity index (χ1v) is 10.6. The summed E-state index contributed by atoms with van der Waals surface area (Å²) in [5.74, 6) is 0.432. The van der Waals surface area contributed by atoms with E-state index in [-0.39, 0.29) is 15.2 Å². The summed E-state index contributed by atoms with van der Waals surface area (Å²) in [4.78, 5) is 12.2. The minimum atomic E-state index is -4.00. The summed E-state index contributed by atoms with van der Waals surface area (Å²) in [6.07, 6.45) is 0. The Hall–Kier alpha value is -3.18. The number of aryl methyl sites for hydroxylation is 1. The number of nitrogens with one attached hydrogen (secondary N) is 2. The average Bonchev–Trinajstić information content (AvgIpc) is 3.17. The molecule has 0 fully saturated rings. The van der Waals surface area contributed by atoms with Crippen LogP contribution in [0, 0.1) is 6.92 Å². The van der Waals surface area contributed by atoms with Gasteiger partial charge in [-0.05, 0) is 31.2 Å². The molecule has 152 valence electrons.